The van der Waals surface area contributed by atoms with E-state index >= 15 is 0 Å². The molecule has 0 heterocycles. The molecule has 0 aliphatic rings. The van der Waals surface area contributed by atoms with Crippen molar-refractivity contribution in [2.75, 3.05) is 24.3 Å². The van der Waals surface area contributed by atoms with Crippen LogP contribution in [0, 0.1) is 6.92 Å². The molecule has 3 heteroatoms. The van der Waals surface area contributed by atoms with E-state index in [2.05, 4.69) is 25.2 Å². The molecule has 1 atom stereocenters. The highest BCUT2D eigenvalue weighted by Crippen LogP contribution is 2.20. The van der Waals surface area contributed by atoms with Gasteiger partial charge in [-0.15, -0.1) is 0 Å². The second-order valence-electron chi connectivity index (χ2n) is 3.80. The Bertz CT molecular complexity index is 312. The molecule has 0 aromatic heterocycles. The number of ether oxygens (including phenoxy) is 1. The van der Waals surface area contributed by atoms with Crippen molar-refractivity contribution in [1.82, 2.24) is 0 Å². The third-order valence-electron chi connectivity index (χ3n) is 2.18. The molecule has 1 unspecified atom stereocenters. The number of aryl methyl sites for hydroxylation is 1. The van der Waals surface area contributed by atoms with Crippen LogP contribution in [-0.2, 0) is 4.74 Å². The van der Waals surface area contributed by atoms with Crippen molar-refractivity contribution in [3.8, 4) is 0 Å². The normalized spacial score (nSPS) is 12.5. The Balaban J connectivity index is 2.59. The molecule has 0 radical (unpaired) electrons. The minimum absolute atomic E-state index is 0.272. The fraction of sp³-hybridized carbons (Fsp3) is 0.500. The van der Waals surface area contributed by atoms with Gasteiger partial charge in [0.05, 0.1) is 18.0 Å². The summed E-state index contributed by atoms with van der Waals surface area (Å²) in [6, 6.07) is 6.25. The Hall–Kier alpha value is -1.22. The first-order valence-corrected chi connectivity index (χ1v) is 5.34. The highest BCUT2D eigenvalue weighted by atomic mass is 16.5. The lowest BCUT2D eigenvalue weighted by molar-refractivity contribution is 0.141. The first-order chi connectivity index (χ1) is 7.13. The van der Waals surface area contributed by atoms with Crippen LogP contribution in [0.25, 0.3) is 0 Å². The van der Waals surface area contributed by atoms with Crippen molar-refractivity contribution in [3.05, 3.63) is 23.8 Å². The van der Waals surface area contributed by atoms with Crippen LogP contribution in [0.1, 0.15) is 19.4 Å². The predicted molar refractivity (Wildman–Crippen MR) is 65.2 cm³/mol. The second kappa shape index (κ2) is 5.61. The van der Waals surface area contributed by atoms with Gasteiger partial charge in [-0.25, -0.2) is 0 Å². The molecular formula is C12H20N2O. The van der Waals surface area contributed by atoms with Gasteiger partial charge in [0, 0.05) is 12.6 Å². The fourth-order valence-electron chi connectivity index (χ4n) is 1.40. The number of anilines is 2. The van der Waals surface area contributed by atoms with Crippen molar-refractivity contribution in [3.63, 3.8) is 0 Å². The summed E-state index contributed by atoms with van der Waals surface area (Å²) in [7, 11) is 0. The largest absolute Gasteiger partial charge is 0.397 e. The molecule has 0 fully saturated rings. The molecule has 0 bridgehead atoms. The number of hydrogen-bond donors (Lipinski definition) is 2. The van der Waals surface area contributed by atoms with Crippen molar-refractivity contribution in [1.29, 1.82) is 0 Å². The SMILES string of the molecule is CCOCC(C)Nc1cc(C)ccc1N. The Morgan fingerprint density at radius 2 is 2.20 bits per heavy atom. The van der Waals surface area contributed by atoms with Crippen LogP contribution in [0.15, 0.2) is 18.2 Å². The molecule has 3 N–H and O–H groups in total. The number of nitrogen functional groups attached to an aromatic ring is 1. The van der Waals surface area contributed by atoms with Crippen LogP contribution < -0.4 is 11.1 Å². The average molecular weight is 208 g/mol. The van der Waals surface area contributed by atoms with Crippen LogP contribution in [0.3, 0.4) is 0 Å². The van der Waals surface area contributed by atoms with Crippen LogP contribution >= 0.6 is 0 Å². The Kier molecular flexibility index (Phi) is 4.43. The Morgan fingerprint density at radius 3 is 2.87 bits per heavy atom. The van der Waals surface area contributed by atoms with E-state index in [0.717, 1.165) is 18.0 Å². The quantitative estimate of drug-likeness (QED) is 0.730. The number of hydrogen-bond acceptors (Lipinski definition) is 3. The lowest BCUT2D eigenvalue weighted by Crippen LogP contribution is -2.22. The smallest absolute Gasteiger partial charge is 0.0664 e. The molecular weight excluding hydrogens is 188 g/mol. The molecule has 15 heavy (non-hydrogen) atoms. The fourth-order valence-corrected chi connectivity index (χ4v) is 1.40. The summed E-state index contributed by atoms with van der Waals surface area (Å²) in [5.41, 5.74) is 8.84. The maximum absolute atomic E-state index is 5.86. The minimum Gasteiger partial charge on any atom is -0.397 e. The van der Waals surface area contributed by atoms with Gasteiger partial charge in [0.15, 0.2) is 0 Å². The van der Waals surface area contributed by atoms with Gasteiger partial charge in [0.1, 0.15) is 0 Å². The maximum atomic E-state index is 5.86. The Labute approximate surface area is 91.6 Å². The van der Waals surface area contributed by atoms with Gasteiger partial charge in [-0.3, -0.25) is 0 Å². The Morgan fingerprint density at radius 1 is 1.47 bits per heavy atom. The highest BCUT2D eigenvalue weighted by Gasteiger charge is 2.04. The zero-order valence-corrected chi connectivity index (χ0v) is 9.71. The lowest BCUT2D eigenvalue weighted by Gasteiger charge is -2.16. The van der Waals surface area contributed by atoms with E-state index in [9.17, 15) is 0 Å². The zero-order chi connectivity index (χ0) is 11.3. The standard InChI is InChI=1S/C12H20N2O/c1-4-15-8-10(3)14-12-7-9(2)5-6-11(12)13/h5-7,10,14H,4,8,13H2,1-3H3. The summed E-state index contributed by atoms with van der Waals surface area (Å²) < 4.78 is 5.33. The summed E-state index contributed by atoms with van der Waals surface area (Å²) in [5, 5.41) is 3.34. The van der Waals surface area contributed by atoms with E-state index in [1.807, 2.05) is 19.1 Å². The van der Waals surface area contributed by atoms with E-state index in [1.165, 1.54) is 5.56 Å². The summed E-state index contributed by atoms with van der Waals surface area (Å²) in [6.07, 6.45) is 0. The summed E-state index contributed by atoms with van der Waals surface area (Å²) >= 11 is 0. The van der Waals surface area contributed by atoms with E-state index in [1.54, 1.807) is 0 Å². The maximum Gasteiger partial charge on any atom is 0.0664 e. The van der Waals surface area contributed by atoms with Gasteiger partial charge < -0.3 is 15.8 Å². The van der Waals surface area contributed by atoms with Gasteiger partial charge in [-0.05, 0) is 38.5 Å². The van der Waals surface area contributed by atoms with Crippen LogP contribution in [0.2, 0.25) is 0 Å². The third kappa shape index (κ3) is 3.80. The molecule has 0 spiro atoms. The molecule has 0 saturated carbocycles. The molecule has 3 nitrogen and oxygen atoms in total. The van der Waals surface area contributed by atoms with E-state index in [0.29, 0.717) is 6.61 Å². The molecule has 1 aromatic carbocycles. The molecule has 0 saturated heterocycles. The van der Waals surface area contributed by atoms with Crippen LogP contribution in [0.5, 0.6) is 0 Å². The van der Waals surface area contributed by atoms with Crippen molar-refractivity contribution in [2.45, 2.75) is 26.8 Å². The first-order valence-electron chi connectivity index (χ1n) is 5.34. The summed E-state index contributed by atoms with van der Waals surface area (Å²) in [5.74, 6) is 0. The molecule has 0 amide bonds. The van der Waals surface area contributed by atoms with Gasteiger partial charge in [-0.1, -0.05) is 6.07 Å². The van der Waals surface area contributed by atoms with Gasteiger partial charge >= 0.3 is 0 Å². The molecule has 1 aromatic rings. The number of nitrogens with one attached hydrogen (secondary N) is 1. The lowest BCUT2D eigenvalue weighted by atomic mass is 10.2. The molecule has 84 valence electrons. The van der Waals surface area contributed by atoms with Gasteiger partial charge in [0.25, 0.3) is 0 Å². The molecule has 1 rings (SSSR count). The van der Waals surface area contributed by atoms with Crippen molar-refractivity contribution in [2.24, 2.45) is 0 Å². The monoisotopic (exact) mass is 208 g/mol. The summed E-state index contributed by atoms with van der Waals surface area (Å²) in [6.45, 7) is 7.57. The highest BCUT2D eigenvalue weighted by molar-refractivity contribution is 5.67. The van der Waals surface area contributed by atoms with E-state index in [-0.39, 0.29) is 6.04 Å². The molecule has 0 aliphatic carbocycles. The van der Waals surface area contributed by atoms with Crippen LogP contribution in [-0.4, -0.2) is 19.3 Å². The van der Waals surface area contributed by atoms with E-state index < -0.39 is 0 Å². The number of rotatable bonds is 5. The zero-order valence-electron chi connectivity index (χ0n) is 9.71. The average Bonchev–Trinajstić information content (AvgIpc) is 2.20. The number of benzene rings is 1. The van der Waals surface area contributed by atoms with Crippen molar-refractivity contribution < 1.29 is 4.74 Å². The number of nitrogens with two attached hydrogens (primary N) is 1. The first kappa shape index (κ1) is 11.9. The second-order valence-corrected chi connectivity index (χ2v) is 3.80. The van der Waals surface area contributed by atoms with E-state index in [4.69, 9.17) is 10.5 Å². The molecule has 0 aliphatic heterocycles. The summed E-state index contributed by atoms with van der Waals surface area (Å²) in [4.78, 5) is 0. The van der Waals surface area contributed by atoms with Crippen molar-refractivity contribution >= 4 is 11.4 Å². The topological polar surface area (TPSA) is 47.3 Å². The van der Waals surface area contributed by atoms with Gasteiger partial charge in [0.2, 0.25) is 0 Å². The minimum atomic E-state index is 0.272. The van der Waals surface area contributed by atoms with Crippen LogP contribution in [0.4, 0.5) is 11.4 Å². The van der Waals surface area contributed by atoms with Gasteiger partial charge in [-0.2, -0.15) is 0 Å². The predicted octanol–water partition coefficient (Wildman–Crippen LogP) is 2.41. The third-order valence-corrected chi connectivity index (χ3v) is 2.18.